The molecule has 4 heteroatoms. The fourth-order valence-electron chi connectivity index (χ4n) is 2.34. The molecule has 1 fully saturated rings. The van der Waals surface area contributed by atoms with Crippen molar-refractivity contribution < 1.29 is 4.79 Å². The van der Waals surface area contributed by atoms with E-state index < -0.39 is 0 Å². The number of aryl methyl sites for hydroxylation is 1. The first-order valence-electron chi connectivity index (χ1n) is 6.91. The number of benzene rings is 1. The summed E-state index contributed by atoms with van der Waals surface area (Å²) in [6.07, 6.45) is 1.40. The van der Waals surface area contributed by atoms with Gasteiger partial charge in [0.15, 0.2) is 0 Å². The van der Waals surface area contributed by atoms with Gasteiger partial charge in [0, 0.05) is 6.04 Å². The van der Waals surface area contributed by atoms with Crippen molar-refractivity contribution in [2.24, 2.45) is 5.92 Å². The maximum Gasteiger partial charge on any atom is 0.225 e. The van der Waals surface area contributed by atoms with Crippen LogP contribution in [-0.2, 0) is 11.2 Å². The lowest BCUT2D eigenvalue weighted by Gasteiger charge is -2.14. The molecule has 0 spiro atoms. The van der Waals surface area contributed by atoms with Gasteiger partial charge in [-0.2, -0.15) is 0 Å². The summed E-state index contributed by atoms with van der Waals surface area (Å²) in [5.41, 5.74) is 8.61. The predicted molar refractivity (Wildman–Crippen MR) is 76.3 cm³/mol. The van der Waals surface area contributed by atoms with Crippen LogP contribution >= 0.6 is 0 Å². The van der Waals surface area contributed by atoms with Crippen LogP contribution in [0, 0.1) is 12.8 Å². The lowest BCUT2D eigenvalue weighted by atomic mass is 10.0. The van der Waals surface area contributed by atoms with Gasteiger partial charge in [-0.05, 0) is 30.4 Å². The van der Waals surface area contributed by atoms with E-state index in [0.29, 0.717) is 18.4 Å². The molecule has 4 nitrogen and oxygen atoms in total. The van der Waals surface area contributed by atoms with E-state index in [4.69, 9.17) is 0 Å². The Kier molecular flexibility index (Phi) is 4.56. The highest BCUT2D eigenvalue weighted by molar-refractivity contribution is 5.79. The molecule has 3 N–H and O–H groups in total. The van der Waals surface area contributed by atoms with E-state index >= 15 is 0 Å². The molecule has 1 saturated heterocycles. The highest BCUT2D eigenvalue weighted by Gasteiger charge is 2.26. The molecule has 1 heterocycles. The van der Waals surface area contributed by atoms with Crippen molar-refractivity contribution in [2.75, 3.05) is 0 Å². The first-order chi connectivity index (χ1) is 9.06. The van der Waals surface area contributed by atoms with E-state index in [1.807, 2.05) is 31.2 Å². The lowest BCUT2D eigenvalue weighted by molar-refractivity contribution is -0.121. The van der Waals surface area contributed by atoms with Crippen molar-refractivity contribution in [2.45, 2.75) is 45.8 Å². The third-order valence-electron chi connectivity index (χ3n) is 3.68. The van der Waals surface area contributed by atoms with Gasteiger partial charge in [-0.15, -0.1) is 0 Å². The molecule has 0 radical (unpaired) electrons. The molecule has 1 amide bonds. The highest BCUT2D eigenvalue weighted by atomic mass is 16.1. The van der Waals surface area contributed by atoms with Gasteiger partial charge >= 0.3 is 0 Å². The van der Waals surface area contributed by atoms with Crippen molar-refractivity contribution in [3.8, 4) is 0 Å². The second kappa shape index (κ2) is 6.17. The summed E-state index contributed by atoms with van der Waals surface area (Å²) in [4.78, 5) is 12.0. The molecule has 1 aromatic carbocycles. The number of nitrogens with one attached hydrogen (secondary N) is 3. The number of hydrazine groups is 1. The van der Waals surface area contributed by atoms with Crippen LogP contribution in [0.5, 0.6) is 0 Å². The Morgan fingerprint density at radius 2 is 2.11 bits per heavy atom. The summed E-state index contributed by atoms with van der Waals surface area (Å²) < 4.78 is 0. The number of hydrogen-bond acceptors (Lipinski definition) is 3. The first-order valence-corrected chi connectivity index (χ1v) is 6.91. The number of amides is 1. The zero-order valence-corrected chi connectivity index (χ0v) is 11.9. The van der Waals surface area contributed by atoms with E-state index in [9.17, 15) is 4.79 Å². The molecular formula is C15H23N3O. The van der Waals surface area contributed by atoms with Crippen LogP contribution in [0.1, 0.15) is 31.4 Å². The second-order valence-corrected chi connectivity index (χ2v) is 5.60. The molecule has 0 aliphatic carbocycles. The van der Waals surface area contributed by atoms with Crippen molar-refractivity contribution in [3.63, 3.8) is 0 Å². The van der Waals surface area contributed by atoms with Gasteiger partial charge < -0.3 is 5.32 Å². The molecular weight excluding hydrogens is 238 g/mol. The van der Waals surface area contributed by atoms with Gasteiger partial charge in [0.05, 0.1) is 12.6 Å². The van der Waals surface area contributed by atoms with E-state index in [0.717, 1.165) is 17.5 Å². The molecule has 0 saturated carbocycles. The summed E-state index contributed by atoms with van der Waals surface area (Å²) in [6.45, 7) is 6.39. The van der Waals surface area contributed by atoms with Crippen LogP contribution in [-0.4, -0.2) is 18.1 Å². The minimum Gasteiger partial charge on any atom is -0.339 e. The van der Waals surface area contributed by atoms with Gasteiger partial charge in [-0.25, -0.2) is 5.43 Å². The van der Waals surface area contributed by atoms with Crippen LogP contribution < -0.4 is 16.2 Å². The van der Waals surface area contributed by atoms with Gasteiger partial charge in [-0.1, -0.05) is 38.1 Å². The molecule has 1 aliphatic rings. The Labute approximate surface area is 114 Å². The van der Waals surface area contributed by atoms with Crippen LogP contribution in [0.4, 0.5) is 0 Å². The van der Waals surface area contributed by atoms with Crippen molar-refractivity contribution in [1.29, 1.82) is 0 Å². The Hall–Kier alpha value is -1.39. The Morgan fingerprint density at radius 1 is 1.37 bits per heavy atom. The zero-order valence-electron chi connectivity index (χ0n) is 11.9. The summed E-state index contributed by atoms with van der Waals surface area (Å²) >= 11 is 0. The largest absolute Gasteiger partial charge is 0.339 e. The molecule has 104 valence electrons. The average Bonchev–Trinajstić information content (AvgIpc) is 2.80. The fraction of sp³-hybridized carbons (Fsp3) is 0.533. The second-order valence-electron chi connectivity index (χ2n) is 5.60. The van der Waals surface area contributed by atoms with E-state index in [1.54, 1.807) is 0 Å². The van der Waals surface area contributed by atoms with Crippen molar-refractivity contribution in [1.82, 2.24) is 16.2 Å². The van der Waals surface area contributed by atoms with Crippen LogP contribution in [0.3, 0.4) is 0 Å². The van der Waals surface area contributed by atoms with Crippen molar-refractivity contribution in [3.05, 3.63) is 35.4 Å². The average molecular weight is 261 g/mol. The third-order valence-corrected chi connectivity index (χ3v) is 3.68. The predicted octanol–water partition coefficient (Wildman–Crippen LogP) is 1.50. The van der Waals surface area contributed by atoms with Crippen LogP contribution in [0.2, 0.25) is 0 Å². The van der Waals surface area contributed by atoms with Gasteiger partial charge in [0.2, 0.25) is 5.91 Å². The first kappa shape index (κ1) is 14.0. The van der Waals surface area contributed by atoms with Crippen LogP contribution in [0.25, 0.3) is 0 Å². The number of carbonyl (C=O) groups excluding carboxylic acids is 1. The molecule has 2 atom stereocenters. The maximum atomic E-state index is 12.0. The summed E-state index contributed by atoms with van der Waals surface area (Å²) in [7, 11) is 0. The third kappa shape index (κ3) is 3.78. The van der Waals surface area contributed by atoms with E-state index in [-0.39, 0.29) is 12.1 Å². The smallest absolute Gasteiger partial charge is 0.225 e. The molecule has 2 rings (SSSR count). The van der Waals surface area contributed by atoms with Gasteiger partial charge in [0.25, 0.3) is 0 Å². The monoisotopic (exact) mass is 261 g/mol. The summed E-state index contributed by atoms with van der Waals surface area (Å²) in [5.74, 6) is 0.628. The Balaban J connectivity index is 1.84. The molecule has 1 aliphatic heterocycles. The topological polar surface area (TPSA) is 53.2 Å². The van der Waals surface area contributed by atoms with Crippen molar-refractivity contribution >= 4 is 5.91 Å². The molecule has 1 aromatic rings. The van der Waals surface area contributed by atoms with Gasteiger partial charge in [0.1, 0.15) is 0 Å². The van der Waals surface area contributed by atoms with Gasteiger partial charge in [-0.3, -0.25) is 10.2 Å². The molecule has 19 heavy (non-hydrogen) atoms. The summed E-state index contributed by atoms with van der Waals surface area (Å²) in [5, 5.41) is 3.03. The number of carbonyl (C=O) groups is 1. The SMILES string of the molecule is Cc1ccccc1CC(=O)NC1CC(C(C)C)NN1. The lowest BCUT2D eigenvalue weighted by Crippen LogP contribution is -2.45. The fourth-order valence-corrected chi connectivity index (χ4v) is 2.34. The molecule has 2 unspecified atom stereocenters. The normalized spacial score (nSPS) is 22.7. The minimum absolute atomic E-state index is 0.0314. The van der Waals surface area contributed by atoms with E-state index in [1.165, 1.54) is 0 Å². The highest BCUT2D eigenvalue weighted by Crippen LogP contribution is 2.12. The Morgan fingerprint density at radius 3 is 2.74 bits per heavy atom. The number of rotatable bonds is 4. The molecule has 0 aromatic heterocycles. The molecule has 0 bridgehead atoms. The Bertz CT molecular complexity index is 445. The minimum atomic E-state index is 0.0314. The number of hydrogen-bond donors (Lipinski definition) is 3. The zero-order chi connectivity index (χ0) is 13.8. The van der Waals surface area contributed by atoms with E-state index in [2.05, 4.69) is 30.0 Å². The standard InChI is InChI=1S/C15H23N3O/c1-10(2)13-9-14(18-17-13)16-15(19)8-12-7-5-4-6-11(12)3/h4-7,10,13-14,17-18H,8-9H2,1-3H3,(H,16,19). The quantitative estimate of drug-likeness (QED) is 0.770. The summed E-state index contributed by atoms with van der Waals surface area (Å²) in [6, 6.07) is 8.43. The maximum absolute atomic E-state index is 12.0. The van der Waals surface area contributed by atoms with Crippen LogP contribution in [0.15, 0.2) is 24.3 Å².